The molecule has 0 radical (unpaired) electrons. The van der Waals surface area contributed by atoms with Crippen molar-refractivity contribution in [3.63, 3.8) is 0 Å². The van der Waals surface area contributed by atoms with Crippen molar-refractivity contribution in [2.24, 2.45) is 0 Å². The van der Waals surface area contributed by atoms with Crippen LogP contribution >= 0.6 is 11.8 Å². The Balaban J connectivity index is 2.26. The Morgan fingerprint density at radius 3 is 1.80 bits per heavy atom. The summed E-state index contributed by atoms with van der Waals surface area (Å²) in [5.74, 6) is 0. The molecule has 0 fully saturated rings. The van der Waals surface area contributed by atoms with Gasteiger partial charge in [-0.1, -0.05) is 72.8 Å². The van der Waals surface area contributed by atoms with E-state index < -0.39 is 0 Å². The van der Waals surface area contributed by atoms with Gasteiger partial charge in [-0.2, -0.15) is 0 Å². The van der Waals surface area contributed by atoms with Crippen LogP contribution in [0, 0.1) is 0 Å². The fourth-order valence-corrected chi connectivity index (χ4v) is 3.11. The lowest BCUT2D eigenvalue weighted by atomic mass is 9.94. The molecule has 0 heterocycles. The van der Waals surface area contributed by atoms with Gasteiger partial charge in [-0.3, -0.25) is 0 Å². The lowest BCUT2D eigenvalue weighted by molar-refractivity contribution is 1.44. The Morgan fingerprint density at radius 1 is 0.600 bits per heavy atom. The second kappa shape index (κ2) is 5.98. The van der Waals surface area contributed by atoms with Crippen molar-refractivity contribution in [1.29, 1.82) is 0 Å². The lowest BCUT2D eigenvalue weighted by Crippen LogP contribution is -1.88. The van der Waals surface area contributed by atoms with Gasteiger partial charge in [0.2, 0.25) is 0 Å². The normalized spacial score (nSPS) is 10.4. The minimum atomic E-state index is 1.27. The molecule has 98 valence electrons. The van der Waals surface area contributed by atoms with Crippen molar-refractivity contribution >= 4 is 11.8 Å². The maximum absolute atomic E-state index is 2.21. The van der Waals surface area contributed by atoms with E-state index in [0.29, 0.717) is 0 Å². The highest BCUT2D eigenvalue weighted by Gasteiger charge is 2.11. The average molecular weight is 276 g/mol. The molecule has 0 amide bonds. The zero-order valence-corrected chi connectivity index (χ0v) is 12.2. The quantitative estimate of drug-likeness (QED) is 0.549. The molecule has 0 N–H and O–H groups in total. The van der Waals surface area contributed by atoms with E-state index in [1.54, 1.807) is 11.8 Å². The standard InChI is InChI=1S/C19H16S/c1-20-18-14-8-13-17(15-9-4-2-5-10-15)19(18)16-11-6-3-7-12-16/h2-14H,1H3. The molecule has 0 unspecified atom stereocenters. The van der Waals surface area contributed by atoms with Crippen LogP contribution in [-0.2, 0) is 0 Å². The average Bonchev–Trinajstić information content (AvgIpc) is 2.55. The van der Waals surface area contributed by atoms with E-state index in [-0.39, 0.29) is 0 Å². The molecular weight excluding hydrogens is 260 g/mol. The van der Waals surface area contributed by atoms with E-state index in [2.05, 4.69) is 85.1 Å². The maximum atomic E-state index is 2.21. The highest BCUT2D eigenvalue weighted by atomic mass is 32.2. The second-order valence-corrected chi connectivity index (χ2v) is 5.46. The Kier molecular flexibility index (Phi) is 3.89. The summed E-state index contributed by atoms with van der Waals surface area (Å²) in [5, 5.41) is 0. The summed E-state index contributed by atoms with van der Waals surface area (Å²) in [6.45, 7) is 0. The van der Waals surface area contributed by atoms with Gasteiger partial charge in [0.05, 0.1) is 0 Å². The van der Waals surface area contributed by atoms with E-state index in [9.17, 15) is 0 Å². The van der Waals surface area contributed by atoms with Crippen LogP contribution in [0.5, 0.6) is 0 Å². The molecule has 0 aliphatic rings. The van der Waals surface area contributed by atoms with Crippen LogP contribution in [0.15, 0.2) is 83.8 Å². The van der Waals surface area contributed by atoms with Gasteiger partial charge in [-0.15, -0.1) is 11.8 Å². The molecule has 0 atom stereocenters. The summed E-state index contributed by atoms with van der Waals surface area (Å²) < 4.78 is 0. The third-order valence-electron chi connectivity index (χ3n) is 3.39. The predicted molar refractivity (Wildman–Crippen MR) is 89.1 cm³/mol. The van der Waals surface area contributed by atoms with E-state index in [0.717, 1.165) is 0 Å². The molecule has 3 aromatic carbocycles. The van der Waals surface area contributed by atoms with Gasteiger partial charge in [-0.25, -0.2) is 0 Å². The number of thioether (sulfide) groups is 1. The van der Waals surface area contributed by atoms with Crippen LogP contribution in [-0.4, -0.2) is 6.26 Å². The first-order valence-corrected chi connectivity index (χ1v) is 7.90. The van der Waals surface area contributed by atoms with E-state index >= 15 is 0 Å². The van der Waals surface area contributed by atoms with Crippen molar-refractivity contribution < 1.29 is 0 Å². The van der Waals surface area contributed by atoms with Crippen molar-refractivity contribution in [2.75, 3.05) is 6.26 Å². The summed E-state index contributed by atoms with van der Waals surface area (Å²) in [6, 6.07) is 27.8. The molecule has 0 spiro atoms. The van der Waals surface area contributed by atoms with Gasteiger partial charge >= 0.3 is 0 Å². The number of hydrogen-bond donors (Lipinski definition) is 0. The summed E-state index contributed by atoms with van der Waals surface area (Å²) in [5.41, 5.74) is 5.16. The molecule has 3 aromatic rings. The molecule has 3 rings (SSSR count). The van der Waals surface area contributed by atoms with Crippen LogP contribution < -0.4 is 0 Å². The first kappa shape index (κ1) is 13.0. The smallest absolute Gasteiger partial charge is 0.0154 e. The summed E-state index contributed by atoms with van der Waals surface area (Å²) in [7, 11) is 0. The molecule has 0 aliphatic carbocycles. The molecule has 20 heavy (non-hydrogen) atoms. The lowest BCUT2D eigenvalue weighted by Gasteiger charge is -2.14. The van der Waals surface area contributed by atoms with Crippen molar-refractivity contribution in [1.82, 2.24) is 0 Å². The third kappa shape index (κ3) is 2.50. The predicted octanol–water partition coefficient (Wildman–Crippen LogP) is 5.74. The van der Waals surface area contributed by atoms with Gasteiger partial charge in [0, 0.05) is 10.5 Å². The molecule has 0 nitrogen and oxygen atoms in total. The summed E-state index contributed by atoms with van der Waals surface area (Å²) in [4.78, 5) is 1.32. The Morgan fingerprint density at radius 2 is 1.20 bits per heavy atom. The number of hydrogen-bond acceptors (Lipinski definition) is 1. The first-order valence-electron chi connectivity index (χ1n) is 6.68. The third-order valence-corrected chi connectivity index (χ3v) is 4.17. The van der Waals surface area contributed by atoms with Crippen LogP contribution in [0.1, 0.15) is 0 Å². The largest absolute Gasteiger partial charge is 0.129 e. The van der Waals surface area contributed by atoms with Gasteiger partial charge in [0.25, 0.3) is 0 Å². The highest BCUT2D eigenvalue weighted by molar-refractivity contribution is 7.98. The van der Waals surface area contributed by atoms with Gasteiger partial charge in [0.1, 0.15) is 0 Å². The summed E-state index contributed by atoms with van der Waals surface area (Å²) >= 11 is 1.80. The number of benzene rings is 3. The molecule has 0 aliphatic heterocycles. The Labute approximate surface area is 124 Å². The van der Waals surface area contributed by atoms with Gasteiger partial charge < -0.3 is 0 Å². The SMILES string of the molecule is CSc1cccc(-c2ccccc2)c1-c1ccccc1. The van der Waals surface area contributed by atoms with Crippen LogP contribution in [0.4, 0.5) is 0 Å². The zero-order chi connectivity index (χ0) is 13.8. The molecule has 0 saturated carbocycles. The zero-order valence-electron chi connectivity index (χ0n) is 11.4. The first-order chi connectivity index (χ1) is 9.90. The monoisotopic (exact) mass is 276 g/mol. The van der Waals surface area contributed by atoms with E-state index in [1.807, 2.05) is 0 Å². The Bertz CT molecular complexity index is 687. The Hall–Kier alpha value is -1.99. The topological polar surface area (TPSA) is 0 Å². The maximum Gasteiger partial charge on any atom is 0.0154 e. The van der Waals surface area contributed by atoms with Crippen molar-refractivity contribution in [3.05, 3.63) is 78.9 Å². The fourth-order valence-electron chi connectivity index (χ4n) is 2.46. The molecule has 0 aromatic heterocycles. The van der Waals surface area contributed by atoms with Crippen LogP contribution in [0.3, 0.4) is 0 Å². The highest BCUT2D eigenvalue weighted by Crippen LogP contribution is 2.38. The fraction of sp³-hybridized carbons (Fsp3) is 0.0526. The van der Waals surface area contributed by atoms with Crippen molar-refractivity contribution in [2.45, 2.75) is 4.90 Å². The van der Waals surface area contributed by atoms with E-state index in [4.69, 9.17) is 0 Å². The molecule has 0 saturated heterocycles. The minimum absolute atomic E-state index is 1.27. The van der Waals surface area contributed by atoms with Crippen LogP contribution in [0.2, 0.25) is 0 Å². The summed E-state index contributed by atoms with van der Waals surface area (Å²) in [6.07, 6.45) is 2.14. The van der Waals surface area contributed by atoms with Gasteiger partial charge in [0.15, 0.2) is 0 Å². The number of rotatable bonds is 3. The molecule has 1 heteroatoms. The van der Waals surface area contributed by atoms with Crippen molar-refractivity contribution in [3.8, 4) is 22.3 Å². The molecule has 0 bridgehead atoms. The minimum Gasteiger partial charge on any atom is -0.129 e. The van der Waals surface area contributed by atoms with Crippen LogP contribution in [0.25, 0.3) is 22.3 Å². The molecular formula is C19H16S. The second-order valence-electron chi connectivity index (χ2n) is 4.61. The van der Waals surface area contributed by atoms with E-state index in [1.165, 1.54) is 27.1 Å². The van der Waals surface area contributed by atoms with Gasteiger partial charge in [-0.05, 0) is 29.0 Å².